The molecule has 1 N–H and O–H groups in total. The summed E-state index contributed by atoms with van der Waals surface area (Å²) in [7, 11) is 1.90. The van der Waals surface area contributed by atoms with E-state index in [0.29, 0.717) is 6.54 Å². The van der Waals surface area contributed by atoms with Crippen molar-refractivity contribution in [2.45, 2.75) is 6.54 Å². The maximum Gasteiger partial charge on any atom is 0.205 e. The molecule has 0 aliphatic heterocycles. The van der Waals surface area contributed by atoms with E-state index in [2.05, 4.69) is 36.5 Å². The van der Waals surface area contributed by atoms with Gasteiger partial charge in [0.05, 0.1) is 22.9 Å². The first-order chi connectivity index (χ1) is 6.77. The number of hydrogen-bond donors (Lipinski definition) is 1. The molecular weight excluding hydrogens is 266 g/mol. The van der Waals surface area contributed by atoms with Crippen molar-refractivity contribution >= 4 is 32.4 Å². The normalized spacial score (nSPS) is 10.4. The van der Waals surface area contributed by atoms with Gasteiger partial charge in [-0.05, 0) is 15.9 Å². The monoisotopic (exact) mass is 273 g/mol. The van der Waals surface area contributed by atoms with Crippen molar-refractivity contribution in [2.75, 3.05) is 5.32 Å². The van der Waals surface area contributed by atoms with Gasteiger partial charge < -0.3 is 5.32 Å². The molecular formula is C7H8BrN5S. The van der Waals surface area contributed by atoms with Crippen LogP contribution in [0, 0.1) is 0 Å². The highest BCUT2D eigenvalue weighted by Gasteiger charge is 2.05. The molecule has 74 valence electrons. The third-order valence-electron chi connectivity index (χ3n) is 1.78. The minimum atomic E-state index is 0.687. The number of nitrogens with one attached hydrogen (secondary N) is 1. The number of anilines is 1. The average Bonchev–Trinajstić information content (AvgIpc) is 2.76. The lowest BCUT2D eigenvalue weighted by Crippen LogP contribution is -2.05. The average molecular weight is 274 g/mol. The van der Waals surface area contributed by atoms with Gasteiger partial charge in [-0.2, -0.15) is 5.10 Å². The summed E-state index contributed by atoms with van der Waals surface area (Å²) in [6.45, 7) is 0.687. The van der Waals surface area contributed by atoms with Crippen LogP contribution in [-0.2, 0) is 13.6 Å². The Labute approximate surface area is 93.3 Å². The second-order valence-electron chi connectivity index (χ2n) is 2.66. The summed E-state index contributed by atoms with van der Waals surface area (Å²) in [6.07, 6.45) is 1.77. The van der Waals surface area contributed by atoms with Gasteiger partial charge in [0.2, 0.25) is 5.13 Å². The van der Waals surface area contributed by atoms with Crippen molar-refractivity contribution in [3.8, 4) is 0 Å². The maximum absolute atomic E-state index is 4.11. The minimum Gasteiger partial charge on any atom is -0.354 e. The van der Waals surface area contributed by atoms with E-state index in [1.165, 1.54) is 11.3 Å². The first-order valence-corrected chi connectivity index (χ1v) is 5.61. The molecule has 7 heteroatoms. The molecule has 0 bridgehead atoms. The summed E-state index contributed by atoms with van der Waals surface area (Å²) in [5, 5.41) is 15.7. The molecule has 0 spiro atoms. The van der Waals surface area contributed by atoms with E-state index in [1.54, 1.807) is 11.7 Å². The maximum atomic E-state index is 4.11. The molecule has 0 atom stereocenters. The van der Waals surface area contributed by atoms with E-state index in [1.807, 2.05) is 11.7 Å². The number of rotatable bonds is 3. The summed E-state index contributed by atoms with van der Waals surface area (Å²) in [5.74, 6) is 0. The first kappa shape index (κ1) is 9.60. The first-order valence-electron chi connectivity index (χ1n) is 3.94. The van der Waals surface area contributed by atoms with Crippen LogP contribution in [0.5, 0.6) is 0 Å². The van der Waals surface area contributed by atoms with Gasteiger partial charge in [0.1, 0.15) is 5.51 Å². The topological polar surface area (TPSA) is 55.6 Å². The van der Waals surface area contributed by atoms with Crippen LogP contribution in [0.25, 0.3) is 0 Å². The van der Waals surface area contributed by atoms with Crippen molar-refractivity contribution in [1.82, 2.24) is 20.0 Å². The fourth-order valence-corrected chi connectivity index (χ4v) is 1.98. The third-order valence-corrected chi connectivity index (χ3v) is 3.09. The van der Waals surface area contributed by atoms with Gasteiger partial charge in [-0.3, -0.25) is 4.68 Å². The Morgan fingerprint density at radius 3 is 3.07 bits per heavy atom. The Hall–Kier alpha value is -0.950. The van der Waals surface area contributed by atoms with Gasteiger partial charge in [0.25, 0.3) is 0 Å². The molecule has 0 aliphatic carbocycles. The van der Waals surface area contributed by atoms with Crippen molar-refractivity contribution in [3.63, 3.8) is 0 Å². The van der Waals surface area contributed by atoms with E-state index >= 15 is 0 Å². The van der Waals surface area contributed by atoms with Crippen LogP contribution >= 0.6 is 27.3 Å². The lowest BCUT2D eigenvalue weighted by molar-refractivity contribution is 0.719. The molecule has 0 saturated carbocycles. The number of halogens is 1. The second-order valence-corrected chi connectivity index (χ2v) is 4.35. The summed E-state index contributed by atoms with van der Waals surface area (Å²) < 4.78 is 2.81. The number of aryl methyl sites for hydroxylation is 1. The third kappa shape index (κ3) is 1.93. The van der Waals surface area contributed by atoms with Crippen LogP contribution < -0.4 is 5.32 Å². The zero-order chi connectivity index (χ0) is 9.97. The molecule has 2 rings (SSSR count). The summed E-state index contributed by atoms with van der Waals surface area (Å²) in [5.41, 5.74) is 2.78. The molecule has 0 aromatic carbocycles. The van der Waals surface area contributed by atoms with E-state index in [0.717, 1.165) is 15.3 Å². The summed E-state index contributed by atoms with van der Waals surface area (Å²) in [6, 6.07) is 0. The van der Waals surface area contributed by atoms with Crippen molar-refractivity contribution in [3.05, 3.63) is 21.9 Å². The predicted molar refractivity (Wildman–Crippen MR) is 58.1 cm³/mol. The van der Waals surface area contributed by atoms with Crippen molar-refractivity contribution < 1.29 is 0 Å². The van der Waals surface area contributed by atoms with Crippen molar-refractivity contribution in [1.29, 1.82) is 0 Å². The van der Waals surface area contributed by atoms with Gasteiger partial charge in [-0.1, -0.05) is 11.3 Å². The Balaban J connectivity index is 2.05. The summed E-state index contributed by atoms with van der Waals surface area (Å²) >= 11 is 4.90. The zero-order valence-electron chi connectivity index (χ0n) is 7.44. The largest absolute Gasteiger partial charge is 0.354 e. The molecule has 0 fully saturated rings. The van der Waals surface area contributed by atoms with Crippen LogP contribution in [0.1, 0.15) is 5.69 Å². The predicted octanol–water partition coefficient (Wildman–Crippen LogP) is 1.65. The highest BCUT2D eigenvalue weighted by Crippen LogP contribution is 2.17. The Kier molecular flexibility index (Phi) is 2.78. The molecule has 0 saturated heterocycles. The Morgan fingerprint density at radius 1 is 1.64 bits per heavy atom. The molecule has 0 radical (unpaired) electrons. The Bertz CT molecular complexity index is 390. The molecule has 0 unspecified atom stereocenters. The quantitative estimate of drug-likeness (QED) is 0.924. The van der Waals surface area contributed by atoms with Crippen LogP contribution in [0.2, 0.25) is 0 Å². The second kappa shape index (κ2) is 4.05. The van der Waals surface area contributed by atoms with Gasteiger partial charge in [-0.25, -0.2) is 0 Å². The van der Waals surface area contributed by atoms with Gasteiger partial charge in [-0.15, -0.1) is 10.2 Å². The van der Waals surface area contributed by atoms with Crippen LogP contribution in [0.15, 0.2) is 16.2 Å². The molecule has 2 heterocycles. The highest BCUT2D eigenvalue weighted by molar-refractivity contribution is 9.10. The molecule has 0 aliphatic rings. The van der Waals surface area contributed by atoms with Crippen molar-refractivity contribution in [2.24, 2.45) is 7.05 Å². The molecule has 5 nitrogen and oxygen atoms in total. The molecule has 2 aromatic heterocycles. The van der Waals surface area contributed by atoms with E-state index in [9.17, 15) is 0 Å². The molecule has 0 amide bonds. The highest BCUT2D eigenvalue weighted by atomic mass is 79.9. The van der Waals surface area contributed by atoms with Crippen LogP contribution in [-0.4, -0.2) is 20.0 Å². The van der Waals surface area contributed by atoms with E-state index < -0.39 is 0 Å². The Morgan fingerprint density at radius 2 is 2.50 bits per heavy atom. The molecule has 2 aromatic rings. The fraction of sp³-hybridized carbons (Fsp3) is 0.286. The number of nitrogens with zero attached hydrogens (tertiary/aromatic N) is 4. The summed E-state index contributed by atoms with van der Waals surface area (Å²) in [4.78, 5) is 0. The number of hydrogen-bond acceptors (Lipinski definition) is 5. The van der Waals surface area contributed by atoms with E-state index in [-0.39, 0.29) is 0 Å². The smallest absolute Gasteiger partial charge is 0.205 e. The standard InChI is InChI=1S/C7H8BrN5S/c1-13-6(5(8)2-11-13)3-9-7-12-10-4-14-7/h2,4H,3H2,1H3,(H,9,12). The van der Waals surface area contributed by atoms with Gasteiger partial charge >= 0.3 is 0 Å². The molecule has 14 heavy (non-hydrogen) atoms. The number of aromatic nitrogens is 4. The van der Waals surface area contributed by atoms with Gasteiger partial charge in [0, 0.05) is 7.05 Å². The minimum absolute atomic E-state index is 0.687. The fourth-order valence-electron chi connectivity index (χ4n) is 1.04. The lowest BCUT2D eigenvalue weighted by atomic mass is 10.4. The lowest BCUT2D eigenvalue weighted by Gasteiger charge is -2.03. The SMILES string of the molecule is Cn1ncc(Br)c1CNc1nncs1. The van der Waals surface area contributed by atoms with Gasteiger partial charge in [0.15, 0.2) is 0 Å². The van der Waals surface area contributed by atoms with Crippen LogP contribution in [0.4, 0.5) is 5.13 Å². The van der Waals surface area contributed by atoms with Crippen LogP contribution in [0.3, 0.4) is 0 Å². The van der Waals surface area contributed by atoms with E-state index in [4.69, 9.17) is 0 Å². The zero-order valence-corrected chi connectivity index (χ0v) is 9.84.